The van der Waals surface area contributed by atoms with E-state index in [0.29, 0.717) is 0 Å². The molecule has 1 nitrogen and oxygen atoms in total. The number of anilines is 1. The SMILES string of the molecule is CC=CNc1ccccc1.Cl. The summed E-state index contributed by atoms with van der Waals surface area (Å²) in [6, 6.07) is 10.1. The maximum Gasteiger partial charge on any atom is 0.0379 e. The van der Waals surface area contributed by atoms with Crippen LogP contribution in [-0.2, 0) is 0 Å². The minimum atomic E-state index is 0. The number of nitrogens with one attached hydrogen (secondary N) is 1. The van der Waals surface area contributed by atoms with E-state index >= 15 is 0 Å². The third kappa shape index (κ3) is 3.68. The average Bonchev–Trinajstić information content (AvgIpc) is 2.03. The van der Waals surface area contributed by atoms with Crippen molar-refractivity contribution >= 4 is 18.1 Å². The van der Waals surface area contributed by atoms with Crippen LogP contribution in [0.25, 0.3) is 0 Å². The molecular weight excluding hydrogens is 158 g/mol. The van der Waals surface area contributed by atoms with Crippen molar-refractivity contribution in [1.29, 1.82) is 0 Å². The lowest BCUT2D eigenvalue weighted by atomic mass is 10.3. The molecule has 0 fully saturated rings. The van der Waals surface area contributed by atoms with Gasteiger partial charge in [-0.3, -0.25) is 0 Å². The van der Waals surface area contributed by atoms with Crippen LogP contribution in [0.15, 0.2) is 42.6 Å². The van der Waals surface area contributed by atoms with E-state index in [0.717, 1.165) is 5.69 Å². The molecule has 0 heterocycles. The number of hydrogen-bond acceptors (Lipinski definition) is 1. The summed E-state index contributed by atoms with van der Waals surface area (Å²) in [5.41, 5.74) is 1.13. The van der Waals surface area contributed by atoms with E-state index in [1.807, 2.05) is 49.5 Å². The van der Waals surface area contributed by atoms with Gasteiger partial charge in [0.05, 0.1) is 0 Å². The van der Waals surface area contributed by atoms with E-state index in [2.05, 4.69) is 5.32 Å². The molecule has 2 heteroatoms. The monoisotopic (exact) mass is 169 g/mol. The zero-order valence-electron chi connectivity index (χ0n) is 6.45. The Morgan fingerprint density at radius 3 is 2.36 bits per heavy atom. The lowest BCUT2D eigenvalue weighted by Crippen LogP contribution is -1.83. The summed E-state index contributed by atoms with van der Waals surface area (Å²) in [4.78, 5) is 0. The third-order valence-corrected chi connectivity index (χ3v) is 1.19. The van der Waals surface area contributed by atoms with Crippen LogP contribution < -0.4 is 5.32 Å². The molecule has 60 valence electrons. The lowest BCUT2D eigenvalue weighted by molar-refractivity contribution is 1.56. The first-order chi connectivity index (χ1) is 4.93. The molecule has 0 aromatic heterocycles. The normalized spacial score (nSPS) is 9.18. The van der Waals surface area contributed by atoms with Gasteiger partial charge in [-0.1, -0.05) is 24.3 Å². The highest BCUT2D eigenvalue weighted by Crippen LogP contribution is 2.03. The van der Waals surface area contributed by atoms with Crippen molar-refractivity contribution in [1.82, 2.24) is 0 Å². The van der Waals surface area contributed by atoms with Gasteiger partial charge in [0.1, 0.15) is 0 Å². The van der Waals surface area contributed by atoms with E-state index in [1.165, 1.54) is 0 Å². The first kappa shape index (κ1) is 10.0. The fraction of sp³-hybridized carbons (Fsp3) is 0.111. The molecule has 11 heavy (non-hydrogen) atoms. The number of hydrogen-bond donors (Lipinski definition) is 1. The van der Waals surface area contributed by atoms with Gasteiger partial charge < -0.3 is 5.32 Å². The van der Waals surface area contributed by atoms with Crippen LogP contribution in [0.5, 0.6) is 0 Å². The quantitative estimate of drug-likeness (QED) is 0.718. The molecule has 0 aliphatic carbocycles. The van der Waals surface area contributed by atoms with Crippen molar-refractivity contribution in [2.45, 2.75) is 6.92 Å². The Balaban J connectivity index is 0.000001000. The van der Waals surface area contributed by atoms with Gasteiger partial charge in [0.25, 0.3) is 0 Å². The Kier molecular flexibility index (Phi) is 5.30. The summed E-state index contributed by atoms with van der Waals surface area (Å²) in [5.74, 6) is 0. The molecule has 1 aromatic rings. The topological polar surface area (TPSA) is 12.0 Å². The van der Waals surface area contributed by atoms with Crippen LogP contribution in [-0.4, -0.2) is 0 Å². The molecule has 0 aliphatic rings. The average molecular weight is 170 g/mol. The second kappa shape index (κ2) is 5.81. The van der Waals surface area contributed by atoms with Crippen molar-refractivity contribution < 1.29 is 0 Å². The van der Waals surface area contributed by atoms with Crippen molar-refractivity contribution in [3.8, 4) is 0 Å². The fourth-order valence-corrected chi connectivity index (χ4v) is 0.714. The molecule has 0 amide bonds. The van der Waals surface area contributed by atoms with Crippen LogP contribution in [0.2, 0.25) is 0 Å². The zero-order valence-corrected chi connectivity index (χ0v) is 7.27. The third-order valence-electron chi connectivity index (χ3n) is 1.19. The largest absolute Gasteiger partial charge is 0.362 e. The summed E-state index contributed by atoms with van der Waals surface area (Å²) < 4.78 is 0. The van der Waals surface area contributed by atoms with Crippen molar-refractivity contribution in [3.63, 3.8) is 0 Å². The first-order valence-corrected chi connectivity index (χ1v) is 3.36. The summed E-state index contributed by atoms with van der Waals surface area (Å²) in [6.45, 7) is 1.98. The predicted molar refractivity (Wildman–Crippen MR) is 52.1 cm³/mol. The van der Waals surface area contributed by atoms with Gasteiger partial charge in [-0.2, -0.15) is 0 Å². The zero-order chi connectivity index (χ0) is 7.23. The van der Waals surface area contributed by atoms with Crippen LogP contribution in [0, 0.1) is 0 Å². The molecule has 1 rings (SSSR count). The highest BCUT2D eigenvalue weighted by molar-refractivity contribution is 5.85. The summed E-state index contributed by atoms with van der Waals surface area (Å²) in [7, 11) is 0. The molecule has 0 saturated heterocycles. The molecule has 0 spiro atoms. The Morgan fingerprint density at radius 1 is 1.18 bits per heavy atom. The molecule has 0 saturated carbocycles. The molecule has 0 bridgehead atoms. The predicted octanol–water partition coefficient (Wildman–Crippen LogP) is 3.05. The standard InChI is InChI=1S/C9H11N.ClH/c1-2-8-10-9-6-4-3-5-7-9;/h2-8,10H,1H3;1H. The number of halogens is 1. The molecule has 1 aromatic carbocycles. The van der Waals surface area contributed by atoms with Gasteiger partial charge in [-0.15, -0.1) is 12.4 Å². The van der Waals surface area contributed by atoms with Crippen LogP contribution in [0.4, 0.5) is 5.69 Å². The molecule has 0 radical (unpaired) electrons. The van der Waals surface area contributed by atoms with Crippen LogP contribution in [0.1, 0.15) is 6.92 Å². The molecule has 0 unspecified atom stereocenters. The summed E-state index contributed by atoms with van der Waals surface area (Å²) >= 11 is 0. The minimum absolute atomic E-state index is 0. The van der Waals surface area contributed by atoms with E-state index in [9.17, 15) is 0 Å². The molecule has 0 atom stereocenters. The van der Waals surface area contributed by atoms with E-state index in [4.69, 9.17) is 0 Å². The number of para-hydroxylation sites is 1. The van der Waals surface area contributed by atoms with Gasteiger partial charge in [-0.05, 0) is 25.3 Å². The highest BCUT2D eigenvalue weighted by Gasteiger charge is 1.80. The highest BCUT2D eigenvalue weighted by atomic mass is 35.5. The van der Waals surface area contributed by atoms with Gasteiger partial charge in [0, 0.05) is 5.69 Å². The Labute approximate surface area is 73.5 Å². The van der Waals surface area contributed by atoms with Crippen molar-refractivity contribution in [3.05, 3.63) is 42.6 Å². The van der Waals surface area contributed by atoms with Gasteiger partial charge in [0.15, 0.2) is 0 Å². The summed E-state index contributed by atoms with van der Waals surface area (Å²) in [5, 5.41) is 3.11. The van der Waals surface area contributed by atoms with E-state index in [1.54, 1.807) is 0 Å². The van der Waals surface area contributed by atoms with Crippen LogP contribution in [0.3, 0.4) is 0 Å². The number of allylic oxidation sites excluding steroid dienone is 1. The van der Waals surface area contributed by atoms with E-state index in [-0.39, 0.29) is 12.4 Å². The van der Waals surface area contributed by atoms with Crippen LogP contribution >= 0.6 is 12.4 Å². The smallest absolute Gasteiger partial charge is 0.0379 e. The van der Waals surface area contributed by atoms with Crippen molar-refractivity contribution in [2.24, 2.45) is 0 Å². The molecular formula is C9H12ClN. The van der Waals surface area contributed by atoms with Gasteiger partial charge in [-0.25, -0.2) is 0 Å². The maximum atomic E-state index is 3.11. The van der Waals surface area contributed by atoms with Gasteiger partial charge >= 0.3 is 0 Å². The Morgan fingerprint density at radius 2 is 1.82 bits per heavy atom. The Hall–Kier alpha value is -0.950. The lowest BCUT2D eigenvalue weighted by Gasteiger charge is -1.96. The van der Waals surface area contributed by atoms with Gasteiger partial charge in [0.2, 0.25) is 0 Å². The number of rotatable bonds is 2. The molecule has 0 aliphatic heterocycles. The second-order valence-corrected chi connectivity index (χ2v) is 2.01. The second-order valence-electron chi connectivity index (χ2n) is 2.01. The van der Waals surface area contributed by atoms with Crippen molar-refractivity contribution in [2.75, 3.05) is 5.32 Å². The maximum absolute atomic E-state index is 3.11. The first-order valence-electron chi connectivity index (χ1n) is 3.36. The molecule has 1 N–H and O–H groups in total. The van der Waals surface area contributed by atoms with E-state index < -0.39 is 0 Å². The Bertz CT molecular complexity index is 206. The summed E-state index contributed by atoms with van der Waals surface area (Å²) in [6.07, 6.45) is 3.88. The fourth-order valence-electron chi connectivity index (χ4n) is 0.714. The number of benzene rings is 1. The minimum Gasteiger partial charge on any atom is -0.362 e.